The summed E-state index contributed by atoms with van der Waals surface area (Å²) in [5.41, 5.74) is -1.10. The molecule has 0 fully saturated rings. The topological polar surface area (TPSA) is 331 Å². The number of aliphatic hydroxyl groups is 3. The van der Waals surface area contributed by atoms with Crippen molar-refractivity contribution in [3.8, 4) is 86.2 Å². The van der Waals surface area contributed by atoms with E-state index < -0.39 is 123 Å². The maximum absolute atomic E-state index is 12.5. The number of phenols is 12. The van der Waals surface area contributed by atoms with E-state index in [9.17, 15) is 76.6 Å². The second-order valence-corrected chi connectivity index (χ2v) is 15.7. The highest BCUT2D eigenvalue weighted by Crippen LogP contribution is 2.62. The summed E-state index contributed by atoms with van der Waals surface area (Å²) in [5, 5.41) is 166. The molecule has 8 atom stereocenters. The number of benzene rings is 6. The first-order valence-corrected chi connectivity index (χ1v) is 19.3. The first kappa shape index (κ1) is 40.6. The predicted octanol–water partition coefficient (Wildman–Crippen LogP) is 4.44. The Morgan fingerprint density at radius 1 is 0.365 bits per heavy atom. The molecule has 6 aromatic carbocycles. The second-order valence-electron chi connectivity index (χ2n) is 15.7. The van der Waals surface area contributed by atoms with Crippen LogP contribution in [0.2, 0.25) is 0 Å². The SMILES string of the molecule is Oc1cc(O)c2c(c1)O[C@H](c1ccc(O)c(O)c1)[C@@H](O)[C@@H]2c1c(O)cc(O)c2c1O[C@H](c1ccc(O)c(O)c1)[C@@H](O)[C@@H]2c1c(O)cc(O)c2c1O[C@H](c1ccc(O)c(O)c1)[C@@H](O)C2. The largest absolute Gasteiger partial charge is 0.508 e. The molecule has 0 aliphatic carbocycles. The van der Waals surface area contributed by atoms with Gasteiger partial charge in [-0.2, -0.15) is 0 Å². The van der Waals surface area contributed by atoms with Gasteiger partial charge in [-0.15, -0.1) is 0 Å². The fraction of sp³-hybridized carbons (Fsp3) is 0.200. The van der Waals surface area contributed by atoms with Gasteiger partial charge >= 0.3 is 0 Å². The number of fused-ring (bicyclic) bond motifs is 3. The van der Waals surface area contributed by atoms with Gasteiger partial charge in [0.2, 0.25) is 0 Å². The third-order valence-corrected chi connectivity index (χ3v) is 11.8. The monoisotopic (exact) mass is 866 g/mol. The smallest absolute Gasteiger partial charge is 0.157 e. The molecule has 15 N–H and O–H groups in total. The molecular weight excluding hydrogens is 828 g/mol. The zero-order chi connectivity index (χ0) is 44.9. The van der Waals surface area contributed by atoms with Gasteiger partial charge in [0.15, 0.2) is 46.7 Å². The first-order valence-electron chi connectivity index (χ1n) is 19.3. The number of ether oxygens (including phenoxy) is 3. The number of hydrogen-bond donors (Lipinski definition) is 15. The maximum Gasteiger partial charge on any atom is 0.157 e. The number of hydrogen-bond acceptors (Lipinski definition) is 18. The van der Waals surface area contributed by atoms with Crippen LogP contribution in [-0.2, 0) is 6.42 Å². The lowest BCUT2D eigenvalue weighted by Crippen LogP contribution is -2.39. The first-order chi connectivity index (χ1) is 29.9. The third-order valence-electron chi connectivity index (χ3n) is 11.8. The minimum absolute atomic E-state index is 0.0127. The van der Waals surface area contributed by atoms with E-state index in [0.717, 1.165) is 60.7 Å². The Labute approximate surface area is 354 Å². The highest BCUT2D eigenvalue weighted by Gasteiger charge is 2.51. The van der Waals surface area contributed by atoms with Crippen LogP contribution >= 0.6 is 0 Å². The van der Waals surface area contributed by atoms with Crippen molar-refractivity contribution >= 4 is 0 Å². The fourth-order valence-electron chi connectivity index (χ4n) is 8.94. The van der Waals surface area contributed by atoms with Gasteiger partial charge < -0.3 is 90.8 Å². The zero-order valence-corrected chi connectivity index (χ0v) is 32.3. The quantitative estimate of drug-likeness (QED) is 0.106. The molecule has 9 rings (SSSR count). The van der Waals surface area contributed by atoms with Gasteiger partial charge in [0.05, 0.1) is 17.9 Å². The molecule has 0 unspecified atom stereocenters. The molecule has 326 valence electrons. The zero-order valence-electron chi connectivity index (χ0n) is 32.3. The summed E-state index contributed by atoms with van der Waals surface area (Å²) in [6.07, 6.45) is -9.93. The predicted molar refractivity (Wildman–Crippen MR) is 214 cm³/mol. The second kappa shape index (κ2) is 14.7. The Hall–Kier alpha value is -7.80. The van der Waals surface area contributed by atoms with Gasteiger partial charge in [-0.25, -0.2) is 0 Å². The molecule has 0 radical (unpaired) electrons. The molecule has 3 heterocycles. The Morgan fingerprint density at radius 2 is 0.778 bits per heavy atom. The molecule has 0 saturated carbocycles. The summed E-state index contributed by atoms with van der Waals surface area (Å²) in [4.78, 5) is 0. The third kappa shape index (κ3) is 6.46. The van der Waals surface area contributed by atoms with Crippen molar-refractivity contribution in [3.63, 3.8) is 0 Å². The molecule has 0 amide bonds. The van der Waals surface area contributed by atoms with E-state index in [0.29, 0.717) is 0 Å². The molecule has 0 aromatic heterocycles. The number of phenolic OH excluding ortho intramolecular Hbond substituents is 12. The van der Waals surface area contributed by atoms with E-state index in [-0.39, 0.29) is 62.4 Å². The van der Waals surface area contributed by atoms with E-state index >= 15 is 0 Å². The summed E-state index contributed by atoms with van der Waals surface area (Å²) in [5.74, 6) is -11.5. The van der Waals surface area contributed by atoms with E-state index in [1.165, 1.54) is 18.2 Å². The van der Waals surface area contributed by atoms with Crippen LogP contribution in [0.4, 0.5) is 0 Å². The van der Waals surface area contributed by atoms with Gasteiger partial charge in [-0.05, 0) is 53.1 Å². The number of aliphatic hydroxyl groups excluding tert-OH is 3. The summed E-state index contributed by atoms with van der Waals surface area (Å²) in [6, 6.07) is 14.4. The highest BCUT2D eigenvalue weighted by molar-refractivity contribution is 5.70. The average molecular weight is 867 g/mol. The molecule has 0 bridgehead atoms. The van der Waals surface area contributed by atoms with Crippen molar-refractivity contribution in [1.82, 2.24) is 0 Å². The van der Waals surface area contributed by atoms with E-state index in [1.807, 2.05) is 0 Å². The van der Waals surface area contributed by atoms with Crippen molar-refractivity contribution in [1.29, 1.82) is 0 Å². The van der Waals surface area contributed by atoms with Crippen LogP contribution in [0.5, 0.6) is 86.2 Å². The van der Waals surface area contributed by atoms with E-state index in [1.54, 1.807) is 0 Å². The molecule has 18 heteroatoms. The van der Waals surface area contributed by atoms with Gasteiger partial charge in [0.25, 0.3) is 0 Å². The summed E-state index contributed by atoms with van der Waals surface area (Å²) < 4.78 is 18.9. The minimum atomic E-state index is -1.90. The van der Waals surface area contributed by atoms with Crippen LogP contribution in [0.3, 0.4) is 0 Å². The van der Waals surface area contributed by atoms with Crippen molar-refractivity contribution < 1.29 is 90.8 Å². The van der Waals surface area contributed by atoms with Gasteiger partial charge in [-0.3, -0.25) is 0 Å². The van der Waals surface area contributed by atoms with Crippen LogP contribution in [0.15, 0.2) is 78.9 Å². The van der Waals surface area contributed by atoms with E-state index in [2.05, 4.69) is 0 Å². The highest BCUT2D eigenvalue weighted by atomic mass is 16.5. The molecule has 0 saturated heterocycles. The van der Waals surface area contributed by atoms with Crippen LogP contribution in [0, 0.1) is 0 Å². The van der Waals surface area contributed by atoms with Crippen molar-refractivity contribution in [3.05, 3.63) is 123 Å². The Morgan fingerprint density at radius 3 is 1.29 bits per heavy atom. The molecule has 63 heavy (non-hydrogen) atoms. The molecular formula is C45H38O18. The lowest BCUT2D eigenvalue weighted by Gasteiger charge is -2.43. The van der Waals surface area contributed by atoms with Gasteiger partial charge in [0, 0.05) is 58.5 Å². The summed E-state index contributed by atoms with van der Waals surface area (Å²) in [6.45, 7) is 0. The molecule has 0 spiro atoms. The molecule has 6 aromatic rings. The van der Waals surface area contributed by atoms with Crippen LogP contribution < -0.4 is 14.2 Å². The molecule has 3 aliphatic rings. The molecule has 3 aliphatic heterocycles. The number of rotatable bonds is 5. The maximum atomic E-state index is 12.5. The van der Waals surface area contributed by atoms with Crippen LogP contribution in [0.1, 0.15) is 74.7 Å². The lowest BCUT2D eigenvalue weighted by atomic mass is 9.73. The standard InChI is InChI=1S/C45H38O18/c46-18-10-27(54)33-32(11-18)61-42(16-2-5-21(48)25(52)8-16)39(59)37(33)35-29(56)14-30(57)36-38(40(60)43(63-45(35)36)17-3-6-22(49)26(53)9-17)34-28(55)13-23(50)19-12-31(58)41(62-44(19)34)15-1-4-20(47)24(51)7-15/h1-11,13-14,31,37-43,46-60H,12H2/t31-,37-,38+,39-,40-,41+,42+,43+/m0/s1. The van der Waals surface area contributed by atoms with E-state index in [4.69, 9.17) is 14.2 Å². The summed E-state index contributed by atoms with van der Waals surface area (Å²) in [7, 11) is 0. The van der Waals surface area contributed by atoms with Crippen LogP contribution in [0.25, 0.3) is 0 Å². The fourth-order valence-corrected chi connectivity index (χ4v) is 8.94. The summed E-state index contributed by atoms with van der Waals surface area (Å²) >= 11 is 0. The molecule has 18 nitrogen and oxygen atoms in total. The lowest BCUT2D eigenvalue weighted by molar-refractivity contribution is -0.00562. The van der Waals surface area contributed by atoms with Crippen LogP contribution in [-0.4, -0.2) is 94.9 Å². The van der Waals surface area contributed by atoms with Gasteiger partial charge in [-0.1, -0.05) is 18.2 Å². The van der Waals surface area contributed by atoms with Crippen molar-refractivity contribution in [2.75, 3.05) is 0 Å². The normalized spacial score (nSPS) is 23.6. The minimum Gasteiger partial charge on any atom is -0.508 e. The average Bonchev–Trinajstić information content (AvgIpc) is 3.22. The van der Waals surface area contributed by atoms with Crippen molar-refractivity contribution in [2.45, 2.75) is 54.9 Å². The van der Waals surface area contributed by atoms with Gasteiger partial charge in [0.1, 0.15) is 70.1 Å². The Balaban J connectivity index is 1.31. The Bertz CT molecular complexity index is 2840. The number of aromatic hydroxyl groups is 12. The van der Waals surface area contributed by atoms with Crippen molar-refractivity contribution in [2.24, 2.45) is 0 Å². The Kier molecular flexibility index (Phi) is 9.46.